The standard InChI is InChI=1S/C25H24FN7O2.CH4/c1-25-12-32(25)11-19(25)33-23-20(22(27)29-13-30-23)21(31-33)15-5-3-14(4-6-15)10-28-24(34)17-9-16(26)7-8-18(17)35-2;/h3-9,13,19H,10-12H2,1-2H3,(H,28,34)(H2,27,29,30);1H4. The SMILES string of the molecule is C.COc1ccc(F)cc1C(=O)NCc1ccc(-c2nn(C3CN4CC34C)c3ncnc(N)c23)cc1. The number of nitrogens with two attached hydrogens (primary N) is 1. The van der Waals surface area contributed by atoms with E-state index in [0.29, 0.717) is 11.6 Å². The number of nitrogen functional groups attached to an aromatic ring is 1. The van der Waals surface area contributed by atoms with Crippen molar-refractivity contribution in [2.75, 3.05) is 25.9 Å². The molecule has 3 unspecified atom stereocenters. The van der Waals surface area contributed by atoms with Gasteiger partial charge in [0.25, 0.3) is 5.91 Å². The second kappa shape index (κ2) is 8.56. The molecule has 2 aliphatic heterocycles. The fraction of sp³-hybridized carbons (Fsp3) is 0.308. The first kappa shape index (κ1) is 23.7. The van der Waals surface area contributed by atoms with Gasteiger partial charge in [-0.1, -0.05) is 31.7 Å². The van der Waals surface area contributed by atoms with Crippen LogP contribution in [0.15, 0.2) is 48.8 Å². The van der Waals surface area contributed by atoms with Crippen LogP contribution in [0, 0.1) is 5.82 Å². The molecule has 1 amide bonds. The highest BCUT2D eigenvalue weighted by Gasteiger charge is 2.64. The molecule has 2 fully saturated rings. The number of nitrogens with one attached hydrogen (secondary N) is 1. The fourth-order valence-electron chi connectivity index (χ4n) is 4.90. The minimum absolute atomic E-state index is 0. The Hall–Kier alpha value is -4.05. The summed E-state index contributed by atoms with van der Waals surface area (Å²) in [6.45, 7) is 4.53. The highest BCUT2D eigenvalue weighted by Crippen LogP contribution is 2.53. The maximum absolute atomic E-state index is 13.6. The van der Waals surface area contributed by atoms with Crippen LogP contribution in [-0.4, -0.2) is 56.3 Å². The second-order valence-corrected chi connectivity index (χ2v) is 9.23. The molecule has 2 aromatic carbocycles. The van der Waals surface area contributed by atoms with Gasteiger partial charge in [-0.2, -0.15) is 5.10 Å². The molecule has 3 atom stereocenters. The zero-order valence-electron chi connectivity index (χ0n) is 19.3. The Kier molecular flexibility index (Phi) is 5.63. The Morgan fingerprint density at radius 2 is 2.03 bits per heavy atom. The van der Waals surface area contributed by atoms with Crippen molar-refractivity contribution < 1.29 is 13.9 Å². The number of anilines is 1. The lowest BCUT2D eigenvalue weighted by Gasteiger charge is -2.34. The number of hydrogen-bond donors (Lipinski definition) is 2. The molecule has 3 N–H and O–H groups in total. The van der Waals surface area contributed by atoms with Gasteiger partial charge < -0.3 is 15.8 Å². The van der Waals surface area contributed by atoms with E-state index in [9.17, 15) is 9.18 Å². The minimum atomic E-state index is -0.500. The topological polar surface area (TPSA) is 111 Å². The highest BCUT2D eigenvalue weighted by molar-refractivity contribution is 5.98. The van der Waals surface area contributed by atoms with Gasteiger partial charge >= 0.3 is 0 Å². The molecule has 2 aliphatic rings. The first-order valence-corrected chi connectivity index (χ1v) is 11.3. The third kappa shape index (κ3) is 3.65. The predicted molar refractivity (Wildman–Crippen MR) is 135 cm³/mol. The Balaban J connectivity index is 0.00000267. The van der Waals surface area contributed by atoms with E-state index in [-0.39, 0.29) is 31.1 Å². The number of hydrogen-bond acceptors (Lipinski definition) is 7. The van der Waals surface area contributed by atoms with Gasteiger partial charge in [-0.15, -0.1) is 0 Å². The maximum atomic E-state index is 13.6. The highest BCUT2D eigenvalue weighted by atomic mass is 19.1. The van der Waals surface area contributed by atoms with Crippen LogP contribution >= 0.6 is 0 Å². The fourth-order valence-corrected chi connectivity index (χ4v) is 4.90. The first-order chi connectivity index (χ1) is 16.9. The maximum Gasteiger partial charge on any atom is 0.255 e. The van der Waals surface area contributed by atoms with Gasteiger partial charge in [0.05, 0.1) is 29.6 Å². The zero-order chi connectivity index (χ0) is 24.3. The van der Waals surface area contributed by atoms with Crippen molar-refractivity contribution in [2.45, 2.75) is 32.5 Å². The molecule has 0 spiro atoms. The number of rotatable bonds is 6. The van der Waals surface area contributed by atoms with E-state index < -0.39 is 11.7 Å². The minimum Gasteiger partial charge on any atom is -0.496 e. The summed E-state index contributed by atoms with van der Waals surface area (Å²) in [6.07, 6.45) is 1.48. The summed E-state index contributed by atoms with van der Waals surface area (Å²) < 4.78 is 20.8. The Morgan fingerprint density at radius 3 is 2.69 bits per heavy atom. The van der Waals surface area contributed by atoms with Crippen LogP contribution in [0.2, 0.25) is 0 Å². The Labute approximate surface area is 208 Å². The Bertz CT molecular complexity index is 1470. The number of amides is 1. The summed E-state index contributed by atoms with van der Waals surface area (Å²) in [5.74, 6) is -0.200. The van der Waals surface area contributed by atoms with Crippen LogP contribution in [0.25, 0.3) is 22.3 Å². The van der Waals surface area contributed by atoms with E-state index in [2.05, 4.69) is 27.1 Å². The number of methoxy groups -OCH3 is 1. The molecule has 36 heavy (non-hydrogen) atoms. The molecule has 0 radical (unpaired) electrons. The van der Waals surface area contributed by atoms with Crippen molar-refractivity contribution in [1.29, 1.82) is 0 Å². The van der Waals surface area contributed by atoms with Gasteiger partial charge in [0, 0.05) is 25.2 Å². The summed E-state index contributed by atoms with van der Waals surface area (Å²) in [4.78, 5) is 23.7. The lowest BCUT2D eigenvalue weighted by atomic mass is 9.97. The van der Waals surface area contributed by atoms with Gasteiger partial charge in [0.2, 0.25) is 0 Å². The van der Waals surface area contributed by atoms with E-state index in [1.165, 1.54) is 25.6 Å². The molecule has 0 aliphatic carbocycles. The van der Waals surface area contributed by atoms with Gasteiger partial charge in [-0.3, -0.25) is 9.69 Å². The summed E-state index contributed by atoms with van der Waals surface area (Å²) in [7, 11) is 1.44. The lowest BCUT2D eigenvalue weighted by Crippen LogP contribution is -2.44. The number of ether oxygens (including phenoxy) is 1. The van der Waals surface area contributed by atoms with Gasteiger partial charge in [0.15, 0.2) is 5.65 Å². The number of nitrogens with zero attached hydrogens (tertiary/aromatic N) is 5. The van der Waals surface area contributed by atoms with E-state index in [0.717, 1.165) is 47.0 Å². The molecule has 9 nitrogen and oxygen atoms in total. The molecule has 4 heterocycles. The predicted octanol–water partition coefficient (Wildman–Crippen LogP) is 3.42. The van der Waals surface area contributed by atoms with Gasteiger partial charge in [-0.25, -0.2) is 19.0 Å². The molecule has 6 rings (SSSR count). The van der Waals surface area contributed by atoms with Crippen LogP contribution in [0.1, 0.15) is 36.3 Å². The van der Waals surface area contributed by atoms with Gasteiger partial charge in [-0.05, 0) is 30.7 Å². The van der Waals surface area contributed by atoms with Crippen molar-refractivity contribution in [2.24, 2.45) is 0 Å². The van der Waals surface area contributed by atoms with Crippen molar-refractivity contribution >= 4 is 22.8 Å². The molecular weight excluding hydrogens is 461 g/mol. The number of carbonyl (C=O) groups is 1. The number of aromatic nitrogens is 4. The molecule has 0 saturated carbocycles. The molecule has 0 bridgehead atoms. The third-order valence-corrected chi connectivity index (χ3v) is 7.14. The molecule has 186 valence electrons. The van der Waals surface area contributed by atoms with Crippen molar-refractivity contribution in [3.05, 3.63) is 65.7 Å². The first-order valence-electron chi connectivity index (χ1n) is 11.3. The molecule has 2 aromatic heterocycles. The van der Waals surface area contributed by atoms with Gasteiger partial charge in [0.1, 0.15) is 29.4 Å². The van der Waals surface area contributed by atoms with Crippen LogP contribution in [0.3, 0.4) is 0 Å². The normalized spacial score (nSPS) is 21.8. The number of carbonyl (C=O) groups excluding carboxylic acids is 1. The number of fused-ring (bicyclic) bond motifs is 2. The average Bonchev–Trinajstić information content (AvgIpc) is 3.20. The number of benzene rings is 2. The third-order valence-electron chi connectivity index (χ3n) is 7.14. The quantitative estimate of drug-likeness (QED) is 0.399. The van der Waals surface area contributed by atoms with Crippen molar-refractivity contribution in [3.63, 3.8) is 0 Å². The van der Waals surface area contributed by atoms with Crippen LogP contribution in [0.4, 0.5) is 10.2 Å². The largest absolute Gasteiger partial charge is 0.496 e. The van der Waals surface area contributed by atoms with Crippen LogP contribution in [0.5, 0.6) is 5.75 Å². The van der Waals surface area contributed by atoms with Crippen LogP contribution < -0.4 is 15.8 Å². The summed E-state index contributed by atoms with van der Waals surface area (Å²) in [5, 5.41) is 8.48. The molecule has 2 saturated heterocycles. The van der Waals surface area contributed by atoms with E-state index in [4.69, 9.17) is 15.6 Å². The monoisotopic (exact) mass is 489 g/mol. The van der Waals surface area contributed by atoms with Crippen molar-refractivity contribution in [1.82, 2.24) is 30.0 Å². The van der Waals surface area contributed by atoms with E-state index in [1.54, 1.807) is 0 Å². The molecule has 10 heteroatoms. The molecule has 4 aromatic rings. The Morgan fingerprint density at radius 1 is 1.25 bits per heavy atom. The summed E-state index contributed by atoms with van der Waals surface area (Å²) in [6, 6.07) is 11.8. The van der Waals surface area contributed by atoms with Crippen molar-refractivity contribution in [3.8, 4) is 17.0 Å². The molecular formula is C26H28FN7O2. The zero-order valence-corrected chi connectivity index (χ0v) is 19.3. The summed E-state index contributed by atoms with van der Waals surface area (Å²) in [5.41, 5.74) is 9.78. The van der Waals surface area contributed by atoms with Crippen LogP contribution in [-0.2, 0) is 6.54 Å². The summed E-state index contributed by atoms with van der Waals surface area (Å²) >= 11 is 0. The lowest BCUT2D eigenvalue weighted by molar-refractivity contribution is 0.0947. The van der Waals surface area contributed by atoms with E-state index in [1.807, 2.05) is 28.9 Å². The smallest absolute Gasteiger partial charge is 0.255 e. The van der Waals surface area contributed by atoms with E-state index >= 15 is 0 Å². The average molecular weight is 490 g/mol. The number of halogens is 1. The second-order valence-electron chi connectivity index (χ2n) is 9.23.